The van der Waals surface area contributed by atoms with E-state index in [2.05, 4.69) is 9.97 Å². The van der Waals surface area contributed by atoms with Crippen LogP contribution in [0, 0.1) is 6.92 Å². The topological polar surface area (TPSA) is 85.8 Å². The standard InChI is InChI=1S/C21H19N5O2/c1-12-3-5-14-18(10-28-19(14)7-12)25(2)21(27)13-4-6-15-16(8-13)26-11-23-9-17(26)20(22)24-15/h3-9,11,18H,10H2,1-2H3,(H2,22,24). The number of nitrogens with two attached hydrogens (primary N) is 1. The maximum atomic E-state index is 13.2. The maximum Gasteiger partial charge on any atom is 0.254 e. The fourth-order valence-electron chi connectivity index (χ4n) is 3.77. The van der Waals surface area contributed by atoms with Crippen LogP contribution in [-0.2, 0) is 0 Å². The van der Waals surface area contributed by atoms with E-state index < -0.39 is 0 Å². The van der Waals surface area contributed by atoms with Gasteiger partial charge in [-0.2, -0.15) is 0 Å². The minimum absolute atomic E-state index is 0.0750. The Morgan fingerprint density at radius 3 is 2.96 bits per heavy atom. The third kappa shape index (κ3) is 2.40. The molecule has 0 spiro atoms. The SMILES string of the molecule is Cc1ccc2c(c1)OCC2N(C)C(=O)c1ccc2nc(N)c3cncn3c2c1. The van der Waals surface area contributed by atoms with Crippen LogP contribution in [0.4, 0.5) is 5.82 Å². The Morgan fingerprint density at radius 1 is 1.25 bits per heavy atom. The minimum atomic E-state index is -0.114. The predicted molar refractivity (Wildman–Crippen MR) is 106 cm³/mol. The molecule has 7 heteroatoms. The lowest BCUT2D eigenvalue weighted by molar-refractivity contribution is 0.0708. The van der Waals surface area contributed by atoms with E-state index in [1.807, 2.05) is 48.7 Å². The van der Waals surface area contributed by atoms with Crippen molar-refractivity contribution in [3.05, 3.63) is 65.6 Å². The van der Waals surface area contributed by atoms with Crippen molar-refractivity contribution in [2.45, 2.75) is 13.0 Å². The van der Waals surface area contributed by atoms with E-state index in [4.69, 9.17) is 10.5 Å². The number of carbonyl (C=O) groups is 1. The van der Waals surface area contributed by atoms with Gasteiger partial charge < -0.3 is 15.4 Å². The first-order valence-corrected chi connectivity index (χ1v) is 9.05. The summed E-state index contributed by atoms with van der Waals surface area (Å²) in [5, 5.41) is 0. The van der Waals surface area contributed by atoms with Crippen LogP contribution in [0.25, 0.3) is 16.6 Å². The number of hydrogen-bond donors (Lipinski definition) is 1. The summed E-state index contributed by atoms with van der Waals surface area (Å²) in [6.45, 7) is 2.48. The largest absolute Gasteiger partial charge is 0.491 e. The van der Waals surface area contributed by atoms with Crippen LogP contribution >= 0.6 is 0 Å². The number of ether oxygens (including phenoxy) is 1. The molecule has 1 aliphatic rings. The summed E-state index contributed by atoms with van der Waals surface area (Å²) in [5.74, 6) is 1.19. The highest BCUT2D eigenvalue weighted by Crippen LogP contribution is 2.36. The van der Waals surface area contributed by atoms with Gasteiger partial charge in [0.2, 0.25) is 0 Å². The molecule has 1 unspecified atom stereocenters. The molecule has 2 aromatic carbocycles. The molecule has 1 aliphatic heterocycles. The van der Waals surface area contributed by atoms with Gasteiger partial charge in [0.05, 0.1) is 29.6 Å². The smallest absolute Gasteiger partial charge is 0.254 e. The molecule has 1 amide bonds. The van der Waals surface area contributed by atoms with E-state index >= 15 is 0 Å². The maximum absolute atomic E-state index is 13.2. The second kappa shape index (κ2) is 5.95. The Morgan fingerprint density at radius 2 is 2.11 bits per heavy atom. The van der Waals surface area contributed by atoms with Crippen LogP contribution in [0.5, 0.6) is 5.75 Å². The Balaban J connectivity index is 1.54. The summed E-state index contributed by atoms with van der Waals surface area (Å²) in [6, 6.07) is 11.4. The summed E-state index contributed by atoms with van der Waals surface area (Å²) >= 11 is 0. The molecule has 2 N–H and O–H groups in total. The van der Waals surface area contributed by atoms with Gasteiger partial charge >= 0.3 is 0 Å². The highest BCUT2D eigenvalue weighted by Gasteiger charge is 2.31. The molecule has 5 rings (SSSR count). The molecule has 2 aromatic heterocycles. The zero-order valence-electron chi connectivity index (χ0n) is 15.6. The Kier molecular flexibility index (Phi) is 3.52. The second-order valence-electron chi connectivity index (χ2n) is 7.13. The van der Waals surface area contributed by atoms with Crippen LogP contribution in [0.15, 0.2) is 48.9 Å². The number of fused-ring (bicyclic) bond motifs is 4. The quantitative estimate of drug-likeness (QED) is 0.584. The van der Waals surface area contributed by atoms with Crippen molar-refractivity contribution in [3.8, 4) is 5.75 Å². The number of nitrogen functional groups attached to an aromatic ring is 1. The fourth-order valence-corrected chi connectivity index (χ4v) is 3.77. The summed E-state index contributed by atoms with van der Waals surface area (Å²) in [6.07, 6.45) is 3.34. The molecule has 0 aliphatic carbocycles. The fraction of sp³-hybridized carbons (Fsp3) is 0.190. The first-order valence-electron chi connectivity index (χ1n) is 9.05. The van der Waals surface area contributed by atoms with E-state index in [0.29, 0.717) is 23.5 Å². The van der Waals surface area contributed by atoms with Crippen molar-refractivity contribution < 1.29 is 9.53 Å². The third-order valence-electron chi connectivity index (χ3n) is 5.34. The number of anilines is 1. The number of aromatic nitrogens is 3. The zero-order valence-corrected chi connectivity index (χ0v) is 15.6. The molecule has 140 valence electrons. The van der Waals surface area contributed by atoms with Crippen LogP contribution in [-0.4, -0.2) is 38.8 Å². The molecule has 0 bridgehead atoms. The van der Waals surface area contributed by atoms with Crippen LogP contribution in [0.1, 0.15) is 27.5 Å². The van der Waals surface area contributed by atoms with Gasteiger partial charge in [0.25, 0.3) is 5.91 Å². The Hall–Kier alpha value is -3.61. The average molecular weight is 373 g/mol. The highest BCUT2D eigenvalue weighted by molar-refractivity contribution is 5.98. The summed E-state index contributed by atoms with van der Waals surface area (Å²) < 4.78 is 7.65. The number of amides is 1. The number of hydrogen-bond acceptors (Lipinski definition) is 5. The Bertz CT molecular complexity index is 1250. The molecule has 7 nitrogen and oxygen atoms in total. The molecular formula is C21H19N5O2. The first-order chi connectivity index (χ1) is 13.5. The van der Waals surface area contributed by atoms with Crippen molar-refractivity contribution in [2.75, 3.05) is 19.4 Å². The monoisotopic (exact) mass is 373 g/mol. The molecule has 3 heterocycles. The third-order valence-corrected chi connectivity index (χ3v) is 5.34. The lowest BCUT2D eigenvalue weighted by atomic mass is 10.0. The molecule has 0 saturated carbocycles. The van der Waals surface area contributed by atoms with E-state index in [-0.39, 0.29) is 11.9 Å². The van der Waals surface area contributed by atoms with E-state index in [1.165, 1.54) is 0 Å². The van der Waals surface area contributed by atoms with Crippen LogP contribution < -0.4 is 10.5 Å². The van der Waals surface area contributed by atoms with Gasteiger partial charge in [0.1, 0.15) is 23.7 Å². The molecule has 4 aromatic rings. The van der Waals surface area contributed by atoms with Gasteiger partial charge in [-0.05, 0) is 36.8 Å². The number of benzene rings is 2. The van der Waals surface area contributed by atoms with E-state index in [9.17, 15) is 4.79 Å². The van der Waals surface area contributed by atoms with Gasteiger partial charge in [-0.25, -0.2) is 9.97 Å². The molecule has 0 fully saturated rings. The normalized spacial score (nSPS) is 15.6. The highest BCUT2D eigenvalue weighted by atomic mass is 16.5. The number of carbonyl (C=O) groups excluding carboxylic acids is 1. The lowest BCUT2D eigenvalue weighted by Crippen LogP contribution is -2.32. The van der Waals surface area contributed by atoms with Gasteiger partial charge in [-0.3, -0.25) is 9.20 Å². The molecule has 1 atom stereocenters. The van der Waals surface area contributed by atoms with Crippen molar-refractivity contribution in [1.82, 2.24) is 19.3 Å². The molecular weight excluding hydrogens is 354 g/mol. The van der Waals surface area contributed by atoms with E-state index in [0.717, 1.165) is 27.9 Å². The second-order valence-corrected chi connectivity index (χ2v) is 7.13. The van der Waals surface area contributed by atoms with Gasteiger partial charge in [-0.1, -0.05) is 12.1 Å². The summed E-state index contributed by atoms with van der Waals surface area (Å²) in [4.78, 5) is 23.5. The van der Waals surface area contributed by atoms with Crippen molar-refractivity contribution in [2.24, 2.45) is 0 Å². The minimum Gasteiger partial charge on any atom is -0.491 e. The van der Waals surface area contributed by atoms with Crippen LogP contribution in [0.3, 0.4) is 0 Å². The van der Waals surface area contributed by atoms with Crippen molar-refractivity contribution >= 4 is 28.3 Å². The van der Waals surface area contributed by atoms with Gasteiger partial charge in [0.15, 0.2) is 0 Å². The van der Waals surface area contributed by atoms with E-state index in [1.54, 1.807) is 23.5 Å². The first kappa shape index (κ1) is 16.6. The van der Waals surface area contributed by atoms with Gasteiger partial charge in [-0.15, -0.1) is 0 Å². The molecule has 28 heavy (non-hydrogen) atoms. The average Bonchev–Trinajstić information content (AvgIpc) is 3.34. The zero-order chi connectivity index (χ0) is 19.4. The number of likely N-dealkylation sites (N-methyl/N-ethyl adjacent to an activating group) is 1. The van der Waals surface area contributed by atoms with Crippen molar-refractivity contribution in [3.63, 3.8) is 0 Å². The predicted octanol–water partition coefficient (Wildman–Crippen LogP) is 2.98. The van der Waals surface area contributed by atoms with Crippen LogP contribution in [0.2, 0.25) is 0 Å². The number of rotatable bonds is 2. The molecule has 0 saturated heterocycles. The number of imidazole rings is 1. The van der Waals surface area contributed by atoms with Crippen molar-refractivity contribution in [1.29, 1.82) is 0 Å². The lowest BCUT2D eigenvalue weighted by Gasteiger charge is -2.24. The number of aryl methyl sites for hydroxylation is 1. The Labute approximate surface area is 161 Å². The van der Waals surface area contributed by atoms with Gasteiger partial charge in [0, 0.05) is 18.2 Å². The number of nitrogens with zero attached hydrogens (tertiary/aromatic N) is 4. The molecule has 0 radical (unpaired) electrons. The summed E-state index contributed by atoms with van der Waals surface area (Å²) in [7, 11) is 1.81. The summed E-state index contributed by atoms with van der Waals surface area (Å²) in [5.41, 5.74) is 11.0.